The van der Waals surface area contributed by atoms with Crippen molar-refractivity contribution in [3.63, 3.8) is 0 Å². The molecule has 3 heterocycles. The number of hydrogen-bond donors (Lipinski definition) is 0. The maximum atomic E-state index is 6.19. The van der Waals surface area contributed by atoms with Crippen LogP contribution in [-0.4, -0.2) is 27.7 Å². The number of imidazole rings is 1. The van der Waals surface area contributed by atoms with Crippen molar-refractivity contribution in [3.8, 4) is 22.5 Å². The standard InChI is InChI=1S/C25H25BN2O2/c1-24(2)25(3,4)30-26(29-24)20-15-13-18(14-16-20)22-23(19-10-6-5-7-11-19)28-17-9-8-12-21(28)27-22/h5-17H,1-4H3. The Kier molecular flexibility index (Phi) is 4.35. The molecule has 150 valence electrons. The molecule has 4 aromatic rings. The molecule has 5 heteroatoms. The number of pyridine rings is 1. The maximum Gasteiger partial charge on any atom is 0.494 e. The molecule has 5 rings (SSSR count). The van der Waals surface area contributed by atoms with Crippen molar-refractivity contribution in [2.45, 2.75) is 38.9 Å². The highest BCUT2D eigenvalue weighted by molar-refractivity contribution is 6.62. The van der Waals surface area contributed by atoms with Crippen LogP contribution in [-0.2, 0) is 9.31 Å². The van der Waals surface area contributed by atoms with E-state index in [9.17, 15) is 0 Å². The Hall–Kier alpha value is -2.89. The predicted octanol–water partition coefficient (Wildman–Crippen LogP) is 4.97. The van der Waals surface area contributed by atoms with Crippen LogP contribution in [0.3, 0.4) is 0 Å². The quantitative estimate of drug-likeness (QED) is 0.459. The van der Waals surface area contributed by atoms with Gasteiger partial charge < -0.3 is 9.31 Å². The largest absolute Gasteiger partial charge is 0.494 e. The number of hydrogen-bond acceptors (Lipinski definition) is 3. The summed E-state index contributed by atoms with van der Waals surface area (Å²) in [7, 11) is -0.362. The van der Waals surface area contributed by atoms with E-state index in [1.807, 2.05) is 24.3 Å². The van der Waals surface area contributed by atoms with E-state index >= 15 is 0 Å². The third kappa shape index (κ3) is 3.06. The van der Waals surface area contributed by atoms with Gasteiger partial charge in [0.2, 0.25) is 0 Å². The third-order valence-corrected chi connectivity index (χ3v) is 6.29. The average Bonchev–Trinajstić information content (AvgIpc) is 3.23. The van der Waals surface area contributed by atoms with Crippen LogP contribution in [0.1, 0.15) is 27.7 Å². The SMILES string of the molecule is CC1(C)OB(c2ccc(-c3nc4ccccn4c3-c3ccccc3)cc2)OC1(C)C. The Balaban J connectivity index is 1.56. The summed E-state index contributed by atoms with van der Waals surface area (Å²) in [5.74, 6) is 0. The van der Waals surface area contributed by atoms with Crippen LogP contribution in [0.15, 0.2) is 79.0 Å². The number of rotatable bonds is 3. The van der Waals surface area contributed by atoms with Gasteiger partial charge in [0, 0.05) is 17.3 Å². The molecule has 2 aromatic heterocycles. The molecule has 4 nitrogen and oxygen atoms in total. The van der Waals surface area contributed by atoms with Crippen LogP contribution in [0.25, 0.3) is 28.2 Å². The summed E-state index contributed by atoms with van der Waals surface area (Å²) in [5, 5.41) is 0. The lowest BCUT2D eigenvalue weighted by Gasteiger charge is -2.32. The molecule has 0 bridgehead atoms. The fourth-order valence-corrected chi connectivity index (χ4v) is 3.85. The molecule has 1 aliphatic heterocycles. The number of nitrogens with zero attached hydrogens (tertiary/aromatic N) is 2. The molecular weight excluding hydrogens is 371 g/mol. The molecular formula is C25H25BN2O2. The van der Waals surface area contributed by atoms with Gasteiger partial charge in [0.15, 0.2) is 0 Å². The molecule has 30 heavy (non-hydrogen) atoms. The summed E-state index contributed by atoms with van der Waals surface area (Å²) >= 11 is 0. The van der Waals surface area contributed by atoms with Gasteiger partial charge in [-0.3, -0.25) is 4.40 Å². The maximum absolute atomic E-state index is 6.19. The first kappa shape index (κ1) is 19.1. The van der Waals surface area contributed by atoms with Crippen molar-refractivity contribution >= 4 is 18.2 Å². The second-order valence-electron chi connectivity index (χ2n) is 8.81. The summed E-state index contributed by atoms with van der Waals surface area (Å²) in [5.41, 5.74) is 5.52. The van der Waals surface area contributed by atoms with Gasteiger partial charge in [-0.2, -0.15) is 0 Å². The van der Waals surface area contributed by atoms with Crippen molar-refractivity contribution in [1.82, 2.24) is 9.38 Å². The smallest absolute Gasteiger partial charge is 0.399 e. The Morgan fingerprint density at radius 2 is 1.37 bits per heavy atom. The van der Waals surface area contributed by atoms with Crippen molar-refractivity contribution < 1.29 is 9.31 Å². The highest BCUT2D eigenvalue weighted by Gasteiger charge is 2.51. The zero-order valence-electron chi connectivity index (χ0n) is 17.8. The van der Waals surface area contributed by atoms with E-state index in [1.54, 1.807) is 0 Å². The molecule has 0 atom stereocenters. The summed E-state index contributed by atoms with van der Waals surface area (Å²) < 4.78 is 14.5. The lowest BCUT2D eigenvalue weighted by molar-refractivity contribution is 0.00578. The molecule has 0 radical (unpaired) electrons. The monoisotopic (exact) mass is 396 g/mol. The third-order valence-electron chi connectivity index (χ3n) is 6.29. The highest BCUT2D eigenvalue weighted by Crippen LogP contribution is 2.37. The summed E-state index contributed by atoms with van der Waals surface area (Å²) in [6.07, 6.45) is 2.06. The van der Waals surface area contributed by atoms with Crippen molar-refractivity contribution in [2.24, 2.45) is 0 Å². The van der Waals surface area contributed by atoms with E-state index < -0.39 is 0 Å². The normalized spacial score (nSPS) is 17.5. The van der Waals surface area contributed by atoms with Gasteiger partial charge >= 0.3 is 7.12 Å². The molecule has 0 amide bonds. The molecule has 0 spiro atoms. The molecule has 1 fully saturated rings. The summed E-state index contributed by atoms with van der Waals surface area (Å²) in [6.45, 7) is 8.29. The minimum absolute atomic E-state index is 0.349. The fraction of sp³-hybridized carbons (Fsp3) is 0.240. The van der Waals surface area contributed by atoms with Crippen molar-refractivity contribution in [3.05, 3.63) is 79.0 Å². The molecule has 0 unspecified atom stereocenters. The first-order chi connectivity index (χ1) is 14.4. The van der Waals surface area contributed by atoms with Crippen molar-refractivity contribution in [2.75, 3.05) is 0 Å². The Bertz CT molecular complexity index is 1180. The Morgan fingerprint density at radius 1 is 0.733 bits per heavy atom. The number of aromatic nitrogens is 2. The van der Waals surface area contributed by atoms with Crippen LogP contribution in [0.4, 0.5) is 0 Å². The lowest BCUT2D eigenvalue weighted by atomic mass is 9.78. The van der Waals surface area contributed by atoms with Crippen LogP contribution in [0.2, 0.25) is 0 Å². The van der Waals surface area contributed by atoms with E-state index in [0.717, 1.165) is 33.6 Å². The predicted molar refractivity (Wildman–Crippen MR) is 122 cm³/mol. The zero-order valence-corrected chi connectivity index (χ0v) is 17.8. The van der Waals surface area contributed by atoms with E-state index in [2.05, 4.69) is 86.8 Å². The van der Waals surface area contributed by atoms with Gasteiger partial charge in [-0.15, -0.1) is 0 Å². The second kappa shape index (κ2) is 6.83. The van der Waals surface area contributed by atoms with E-state index in [4.69, 9.17) is 14.3 Å². The van der Waals surface area contributed by atoms with Gasteiger partial charge in [0.05, 0.1) is 22.6 Å². The fourth-order valence-electron chi connectivity index (χ4n) is 3.85. The van der Waals surface area contributed by atoms with Crippen molar-refractivity contribution in [1.29, 1.82) is 0 Å². The van der Waals surface area contributed by atoms with Crippen LogP contribution >= 0.6 is 0 Å². The van der Waals surface area contributed by atoms with Gasteiger partial charge in [-0.05, 0) is 45.3 Å². The van der Waals surface area contributed by atoms with Crippen LogP contribution in [0, 0.1) is 0 Å². The van der Waals surface area contributed by atoms with E-state index in [1.165, 1.54) is 0 Å². The lowest BCUT2D eigenvalue weighted by Crippen LogP contribution is -2.41. The first-order valence-electron chi connectivity index (χ1n) is 10.3. The molecule has 0 N–H and O–H groups in total. The molecule has 0 aliphatic carbocycles. The topological polar surface area (TPSA) is 35.8 Å². The van der Waals surface area contributed by atoms with Gasteiger partial charge in [0.25, 0.3) is 0 Å². The van der Waals surface area contributed by atoms with E-state index in [0.29, 0.717) is 0 Å². The van der Waals surface area contributed by atoms with Gasteiger partial charge in [-0.1, -0.05) is 60.7 Å². The van der Waals surface area contributed by atoms with E-state index in [-0.39, 0.29) is 18.3 Å². The average molecular weight is 396 g/mol. The molecule has 1 aliphatic rings. The molecule has 1 saturated heterocycles. The van der Waals surface area contributed by atoms with Crippen LogP contribution < -0.4 is 5.46 Å². The Morgan fingerprint density at radius 3 is 2.03 bits per heavy atom. The minimum atomic E-state index is -0.362. The minimum Gasteiger partial charge on any atom is -0.399 e. The van der Waals surface area contributed by atoms with Crippen LogP contribution in [0.5, 0.6) is 0 Å². The zero-order chi connectivity index (χ0) is 20.9. The summed E-state index contributed by atoms with van der Waals surface area (Å²) in [6, 6.07) is 24.9. The van der Waals surface area contributed by atoms with Gasteiger partial charge in [0.1, 0.15) is 5.65 Å². The number of benzene rings is 2. The Labute approximate surface area is 177 Å². The highest BCUT2D eigenvalue weighted by atomic mass is 16.7. The number of fused-ring (bicyclic) bond motifs is 1. The summed E-state index contributed by atoms with van der Waals surface area (Å²) in [4.78, 5) is 4.93. The molecule has 0 saturated carbocycles. The molecule has 2 aromatic carbocycles. The van der Waals surface area contributed by atoms with Gasteiger partial charge in [-0.25, -0.2) is 4.98 Å². The second-order valence-corrected chi connectivity index (χ2v) is 8.81. The first-order valence-corrected chi connectivity index (χ1v) is 10.3.